The normalized spacial score (nSPS) is 10.7. The van der Waals surface area contributed by atoms with Crippen molar-refractivity contribution in [3.8, 4) is 17.3 Å². The van der Waals surface area contributed by atoms with Crippen LogP contribution in [0.5, 0.6) is 11.5 Å². The summed E-state index contributed by atoms with van der Waals surface area (Å²) in [6.45, 7) is 0. The lowest BCUT2D eigenvalue weighted by Crippen LogP contribution is -2.07. The Morgan fingerprint density at radius 1 is 0.939 bits per heavy atom. The number of carbonyl (C=O) groups excluding carboxylic acids is 1. The number of aromatic nitrogens is 4. The number of hydrogen-bond acceptors (Lipinski definition) is 7. The molecule has 166 valence electrons. The second kappa shape index (κ2) is 10.1. The highest BCUT2D eigenvalue weighted by atomic mass is 16.5. The molecular formula is C24H22N6O3. The molecule has 2 aromatic carbocycles. The van der Waals surface area contributed by atoms with Crippen molar-refractivity contribution >= 4 is 29.2 Å². The number of anilines is 3. The van der Waals surface area contributed by atoms with Crippen LogP contribution in [-0.2, 0) is 4.79 Å². The van der Waals surface area contributed by atoms with Crippen LogP contribution in [0.15, 0.2) is 79.1 Å². The van der Waals surface area contributed by atoms with Gasteiger partial charge in [0.1, 0.15) is 0 Å². The monoisotopic (exact) mass is 442 g/mol. The van der Waals surface area contributed by atoms with Gasteiger partial charge in [-0.3, -0.25) is 4.79 Å². The van der Waals surface area contributed by atoms with Crippen LogP contribution in [0.2, 0.25) is 0 Å². The van der Waals surface area contributed by atoms with Crippen LogP contribution in [0.4, 0.5) is 17.2 Å². The minimum absolute atomic E-state index is 0.245. The smallest absolute Gasteiger partial charge is 0.248 e. The van der Waals surface area contributed by atoms with Crippen molar-refractivity contribution < 1.29 is 14.3 Å². The number of amides is 1. The molecule has 1 amide bonds. The first-order valence-electron chi connectivity index (χ1n) is 10.1. The molecule has 4 rings (SSSR count). The van der Waals surface area contributed by atoms with E-state index >= 15 is 0 Å². The maximum atomic E-state index is 12.3. The molecule has 0 aliphatic carbocycles. The van der Waals surface area contributed by atoms with E-state index in [1.807, 2.05) is 36.4 Å². The summed E-state index contributed by atoms with van der Waals surface area (Å²) >= 11 is 0. The van der Waals surface area contributed by atoms with E-state index in [1.54, 1.807) is 61.6 Å². The van der Waals surface area contributed by atoms with Crippen molar-refractivity contribution in [1.82, 2.24) is 20.0 Å². The Bertz CT molecular complexity index is 1240. The van der Waals surface area contributed by atoms with Gasteiger partial charge in [0.15, 0.2) is 23.1 Å². The highest BCUT2D eigenvalue weighted by Crippen LogP contribution is 2.28. The van der Waals surface area contributed by atoms with E-state index < -0.39 is 0 Å². The van der Waals surface area contributed by atoms with E-state index in [-0.39, 0.29) is 5.91 Å². The van der Waals surface area contributed by atoms with Gasteiger partial charge in [-0.05, 0) is 66.2 Å². The third-order valence-electron chi connectivity index (χ3n) is 4.65. The van der Waals surface area contributed by atoms with Crippen LogP contribution >= 0.6 is 0 Å². The third kappa shape index (κ3) is 5.53. The Morgan fingerprint density at radius 2 is 1.73 bits per heavy atom. The molecule has 0 atom stereocenters. The van der Waals surface area contributed by atoms with Gasteiger partial charge in [0.25, 0.3) is 0 Å². The van der Waals surface area contributed by atoms with Crippen molar-refractivity contribution in [3.63, 3.8) is 0 Å². The Hall–Kier alpha value is -4.66. The predicted molar refractivity (Wildman–Crippen MR) is 126 cm³/mol. The highest BCUT2D eigenvalue weighted by molar-refractivity contribution is 6.02. The first-order valence-corrected chi connectivity index (χ1v) is 10.1. The van der Waals surface area contributed by atoms with E-state index in [1.165, 1.54) is 6.08 Å². The molecule has 4 aromatic rings. The second-order valence-corrected chi connectivity index (χ2v) is 6.87. The molecule has 0 radical (unpaired) electrons. The molecule has 0 saturated heterocycles. The summed E-state index contributed by atoms with van der Waals surface area (Å²) in [6, 6.07) is 18.2. The van der Waals surface area contributed by atoms with Gasteiger partial charge >= 0.3 is 0 Å². The summed E-state index contributed by atoms with van der Waals surface area (Å²) in [5.41, 5.74) is 2.31. The summed E-state index contributed by atoms with van der Waals surface area (Å²) < 4.78 is 12.1. The summed E-state index contributed by atoms with van der Waals surface area (Å²) in [5.74, 6) is 2.22. The molecule has 0 saturated carbocycles. The molecule has 0 unspecified atom stereocenters. The zero-order valence-corrected chi connectivity index (χ0v) is 18.1. The molecular weight excluding hydrogens is 420 g/mol. The minimum Gasteiger partial charge on any atom is -0.493 e. The summed E-state index contributed by atoms with van der Waals surface area (Å²) in [5, 5.41) is 18.4. The van der Waals surface area contributed by atoms with Crippen molar-refractivity contribution in [2.45, 2.75) is 0 Å². The fourth-order valence-corrected chi connectivity index (χ4v) is 3.02. The topological polar surface area (TPSA) is 103 Å². The van der Waals surface area contributed by atoms with Gasteiger partial charge in [-0.25, -0.2) is 4.68 Å². The molecule has 0 aliphatic heterocycles. The molecule has 0 fully saturated rings. The molecule has 0 aliphatic rings. The number of hydrogen-bond donors (Lipinski definition) is 2. The lowest BCUT2D eigenvalue weighted by Gasteiger charge is -2.08. The summed E-state index contributed by atoms with van der Waals surface area (Å²) in [7, 11) is 3.15. The molecule has 9 nitrogen and oxygen atoms in total. The number of carbonyl (C=O) groups is 1. The maximum absolute atomic E-state index is 12.3. The van der Waals surface area contributed by atoms with Gasteiger partial charge < -0.3 is 20.1 Å². The average Bonchev–Trinajstić information content (AvgIpc) is 3.39. The van der Waals surface area contributed by atoms with Crippen LogP contribution < -0.4 is 20.1 Å². The zero-order valence-electron chi connectivity index (χ0n) is 18.1. The number of benzene rings is 2. The largest absolute Gasteiger partial charge is 0.493 e. The Morgan fingerprint density at radius 3 is 2.39 bits per heavy atom. The molecule has 2 N–H and O–H groups in total. The van der Waals surface area contributed by atoms with Crippen molar-refractivity contribution in [2.24, 2.45) is 0 Å². The minimum atomic E-state index is -0.245. The highest BCUT2D eigenvalue weighted by Gasteiger charge is 2.04. The fraction of sp³-hybridized carbons (Fsp3) is 0.0833. The SMILES string of the molecule is COc1ccc(/C=C/C(=O)Nc2ccc(Nc3ccc(-n4cccn4)nn3)cc2)cc1OC. The molecule has 0 spiro atoms. The van der Waals surface area contributed by atoms with Crippen LogP contribution in [-0.4, -0.2) is 40.1 Å². The lowest BCUT2D eigenvalue weighted by atomic mass is 10.2. The molecule has 2 heterocycles. The van der Waals surface area contributed by atoms with E-state index in [9.17, 15) is 4.79 Å². The molecule has 33 heavy (non-hydrogen) atoms. The number of nitrogens with one attached hydrogen (secondary N) is 2. The van der Waals surface area contributed by atoms with E-state index in [0.29, 0.717) is 28.8 Å². The Labute approximate surface area is 190 Å². The number of rotatable bonds is 8. The van der Waals surface area contributed by atoms with Crippen molar-refractivity contribution in [1.29, 1.82) is 0 Å². The quantitative estimate of drug-likeness (QED) is 0.396. The van der Waals surface area contributed by atoms with Crippen molar-refractivity contribution in [2.75, 3.05) is 24.9 Å². The average molecular weight is 442 g/mol. The van der Waals surface area contributed by atoms with E-state index in [0.717, 1.165) is 11.3 Å². The van der Waals surface area contributed by atoms with E-state index in [4.69, 9.17) is 9.47 Å². The lowest BCUT2D eigenvalue weighted by molar-refractivity contribution is -0.111. The maximum Gasteiger partial charge on any atom is 0.248 e. The Balaban J connectivity index is 1.33. The molecule has 9 heteroatoms. The molecule has 0 bridgehead atoms. The van der Waals surface area contributed by atoms with E-state index in [2.05, 4.69) is 25.9 Å². The van der Waals surface area contributed by atoms with Crippen LogP contribution in [0.25, 0.3) is 11.9 Å². The first-order chi connectivity index (χ1) is 16.1. The number of nitrogens with zero attached hydrogens (tertiary/aromatic N) is 4. The van der Waals surface area contributed by atoms with Crippen LogP contribution in [0.1, 0.15) is 5.56 Å². The van der Waals surface area contributed by atoms with Gasteiger partial charge in [-0.2, -0.15) is 5.10 Å². The Kier molecular flexibility index (Phi) is 6.60. The number of methoxy groups -OCH3 is 2. The van der Waals surface area contributed by atoms with Crippen LogP contribution in [0, 0.1) is 0 Å². The third-order valence-corrected chi connectivity index (χ3v) is 4.65. The summed E-state index contributed by atoms with van der Waals surface area (Å²) in [6.07, 6.45) is 6.65. The predicted octanol–water partition coefficient (Wildman–Crippen LogP) is 4.08. The first kappa shape index (κ1) is 21.6. The van der Waals surface area contributed by atoms with Gasteiger partial charge in [0.2, 0.25) is 5.91 Å². The summed E-state index contributed by atoms with van der Waals surface area (Å²) in [4.78, 5) is 12.3. The van der Waals surface area contributed by atoms with Gasteiger partial charge in [-0.15, -0.1) is 10.2 Å². The van der Waals surface area contributed by atoms with Gasteiger partial charge in [-0.1, -0.05) is 6.07 Å². The van der Waals surface area contributed by atoms with Crippen molar-refractivity contribution in [3.05, 3.63) is 84.7 Å². The van der Waals surface area contributed by atoms with Gasteiger partial charge in [0, 0.05) is 29.8 Å². The standard InChI is InChI=1S/C24H22N6O3/c1-32-20-10-4-17(16-21(20)33-2)5-13-24(31)27-19-8-6-18(7-9-19)26-22-11-12-23(29-28-22)30-15-3-14-25-30/h3-16H,1-2H3,(H,26,28)(H,27,31)/b13-5+. The molecule has 2 aromatic heterocycles. The fourth-order valence-electron chi connectivity index (χ4n) is 3.02. The van der Waals surface area contributed by atoms with Gasteiger partial charge in [0.05, 0.1) is 14.2 Å². The zero-order chi connectivity index (χ0) is 23.0. The second-order valence-electron chi connectivity index (χ2n) is 6.87. The number of ether oxygens (including phenoxy) is 2. The van der Waals surface area contributed by atoms with Crippen LogP contribution in [0.3, 0.4) is 0 Å².